The normalized spacial score (nSPS) is 16.5. The monoisotopic (exact) mass is 354 g/mol. The summed E-state index contributed by atoms with van der Waals surface area (Å²) in [5.74, 6) is 0.682. The molecule has 0 N–H and O–H groups in total. The van der Waals surface area contributed by atoms with E-state index in [1.807, 2.05) is 20.8 Å². The second kappa shape index (κ2) is 7.11. The Hall–Kier alpha value is -1.60. The standard InChI is InChI=1S/C17H26N2O4S/c1-12(2)17(20)18-8-10-19(11-9-18)24(21,22)16-7-6-15(23-5)13(3)14(16)4/h6-7,12H,8-11H2,1-5H3. The molecule has 0 spiro atoms. The first-order chi connectivity index (χ1) is 11.2. The van der Waals surface area contributed by atoms with Crippen LogP contribution in [-0.2, 0) is 14.8 Å². The minimum absolute atomic E-state index is 0.0698. The largest absolute Gasteiger partial charge is 0.496 e. The number of carbonyl (C=O) groups excluding carboxylic acids is 1. The number of nitrogens with zero attached hydrogens (tertiary/aromatic N) is 2. The quantitative estimate of drug-likeness (QED) is 0.827. The van der Waals surface area contributed by atoms with E-state index in [0.717, 1.165) is 5.56 Å². The number of ether oxygens (including phenoxy) is 1. The van der Waals surface area contributed by atoms with E-state index >= 15 is 0 Å². The minimum atomic E-state index is -3.57. The molecular weight excluding hydrogens is 328 g/mol. The Labute approximate surface area is 144 Å². The highest BCUT2D eigenvalue weighted by Gasteiger charge is 2.32. The number of carbonyl (C=O) groups is 1. The zero-order chi connectivity index (χ0) is 18.1. The molecule has 0 radical (unpaired) electrons. The summed E-state index contributed by atoms with van der Waals surface area (Å²) in [6.07, 6.45) is 0. The third kappa shape index (κ3) is 3.42. The van der Waals surface area contributed by atoms with Gasteiger partial charge in [0.1, 0.15) is 5.75 Å². The number of amides is 1. The molecule has 6 nitrogen and oxygen atoms in total. The summed E-state index contributed by atoms with van der Waals surface area (Å²) in [6, 6.07) is 3.29. The second-order valence-corrected chi connectivity index (χ2v) is 8.31. The fourth-order valence-corrected chi connectivity index (χ4v) is 4.63. The summed E-state index contributed by atoms with van der Waals surface area (Å²) < 4.78 is 32.6. The van der Waals surface area contributed by atoms with Crippen molar-refractivity contribution in [1.82, 2.24) is 9.21 Å². The third-order valence-electron chi connectivity index (χ3n) is 4.57. The Bertz CT molecular complexity index is 720. The van der Waals surface area contributed by atoms with E-state index in [1.54, 1.807) is 31.1 Å². The van der Waals surface area contributed by atoms with Gasteiger partial charge in [-0.25, -0.2) is 8.42 Å². The highest BCUT2D eigenvalue weighted by Crippen LogP contribution is 2.29. The zero-order valence-electron chi connectivity index (χ0n) is 15.0. The molecule has 1 heterocycles. The number of hydrogen-bond donors (Lipinski definition) is 0. The highest BCUT2D eigenvalue weighted by molar-refractivity contribution is 7.89. The van der Waals surface area contributed by atoms with Crippen molar-refractivity contribution >= 4 is 15.9 Å². The lowest BCUT2D eigenvalue weighted by Gasteiger charge is -2.35. The molecule has 1 amide bonds. The molecule has 0 aromatic heterocycles. The molecule has 2 rings (SSSR count). The van der Waals surface area contributed by atoms with Gasteiger partial charge in [0.25, 0.3) is 0 Å². The lowest BCUT2D eigenvalue weighted by atomic mass is 10.1. The second-order valence-electron chi connectivity index (χ2n) is 6.40. The maximum atomic E-state index is 13.0. The molecule has 0 saturated carbocycles. The predicted molar refractivity (Wildman–Crippen MR) is 92.6 cm³/mol. The summed E-state index contributed by atoms with van der Waals surface area (Å²) in [4.78, 5) is 14.1. The summed E-state index contributed by atoms with van der Waals surface area (Å²) in [7, 11) is -2.00. The summed E-state index contributed by atoms with van der Waals surface area (Å²) >= 11 is 0. The average Bonchev–Trinajstić information content (AvgIpc) is 2.56. The molecule has 0 aliphatic carbocycles. The Kier molecular flexibility index (Phi) is 5.55. The first-order valence-corrected chi connectivity index (χ1v) is 9.57. The molecule has 24 heavy (non-hydrogen) atoms. The fraction of sp³-hybridized carbons (Fsp3) is 0.588. The molecule has 1 saturated heterocycles. The minimum Gasteiger partial charge on any atom is -0.496 e. The van der Waals surface area contributed by atoms with Crippen molar-refractivity contribution in [3.05, 3.63) is 23.3 Å². The van der Waals surface area contributed by atoms with Crippen LogP contribution in [0.25, 0.3) is 0 Å². The van der Waals surface area contributed by atoms with Gasteiger partial charge in [0.2, 0.25) is 15.9 Å². The Morgan fingerprint density at radius 3 is 2.17 bits per heavy atom. The number of sulfonamides is 1. The van der Waals surface area contributed by atoms with Crippen LogP contribution < -0.4 is 4.74 Å². The highest BCUT2D eigenvalue weighted by atomic mass is 32.2. The molecule has 134 valence electrons. The molecular formula is C17H26N2O4S. The Morgan fingerprint density at radius 1 is 1.08 bits per heavy atom. The molecule has 1 aliphatic rings. The maximum Gasteiger partial charge on any atom is 0.243 e. The number of piperazine rings is 1. The molecule has 0 bridgehead atoms. The molecule has 1 fully saturated rings. The lowest BCUT2D eigenvalue weighted by molar-refractivity contribution is -0.135. The van der Waals surface area contributed by atoms with Crippen LogP contribution >= 0.6 is 0 Å². The zero-order valence-corrected chi connectivity index (χ0v) is 15.8. The van der Waals surface area contributed by atoms with Crippen molar-refractivity contribution < 1.29 is 17.9 Å². The van der Waals surface area contributed by atoms with Crippen LogP contribution in [0.2, 0.25) is 0 Å². The van der Waals surface area contributed by atoms with Crippen molar-refractivity contribution in [2.75, 3.05) is 33.3 Å². The first kappa shape index (κ1) is 18.7. The van der Waals surface area contributed by atoms with Gasteiger partial charge < -0.3 is 9.64 Å². The molecule has 7 heteroatoms. The van der Waals surface area contributed by atoms with Crippen molar-refractivity contribution in [2.24, 2.45) is 5.92 Å². The van der Waals surface area contributed by atoms with Crippen LogP contribution in [0.5, 0.6) is 5.75 Å². The van der Waals surface area contributed by atoms with E-state index in [9.17, 15) is 13.2 Å². The van der Waals surface area contributed by atoms with Gasteiger partial charge in [-0.15, -0.1) is 0 Å². The first-order valence-electron chi connectivity index (χ1n) is 8.13. The number of hydrogen-bond acceptors (Lipinski definition) is 4. The molecule has 0 unspecified atom stereocenters. The molecule has 0 atom stereocenters. The SMILES string of the molecule is COc1ccc(S(=O)(=O)N2CCN(C(=O)C(C)C)CC2)c(C)c1C. The van der Waals surface area contributed by atoms with E-state index < -0.39 is 10.0 Å². The van der Waals surface area contributed by atoms with Gasteiger partial charge >= 0.3 is 0 Å². The van der Waals surface area contributed by atoms with Gasteiger partial charge in [-0.05, 0) is 37.1 Å². The van der Waals surface area contributed by atoms with Crippen LogP contribution in [0.15, 0.2) is 17.0 Å². The number of benzene rings is 1. The van der Waals surface area contributed by atoms with Gasteiger partial charge in [-0.1, -0.05) is 13.8 Å². The van der Waals surface area contributed by atoms with E-state index in [4.69, 9.17) is 4.74 Å². The van der Waals surface area contributed by atoms with E-state index in [2.05, 4.69) is 0 Å². The molecule has 1 aromatic rings. The smallest absolute Gasteiger partial charge is 0.243 e. The van der Waals surface area contributed by atoms with E-state index in [-0.39, 0.29) is 11.8 Å². The van der Waals surface area contributed by atoms with Gasteiger partial charge in [-0.2, -0.15) is 4.31 Å². The predicted octanol–water partition coefficient (Wildman–Crippen LogP) is 1.80. The summed E-state index contributed by atoms with van der Waals surface area (Å²) in [5, 5.41) is 0. The number of rotatable bonds is 4. The summed E-state index contributed by atoms with van der Waals surface area (Å²) in [6.45, 7) is 8.88. The number of methoxy groups -OCH3 is 1. The topological polar surface area (TPSA) is 66.9 Å². The molecule has 1 aromatic carbocycles. The Balaban J connectivity index is 2.21. The van der Waals surface area contributed by atoms with Crippen molar-refractivity contribution in [3.8, 4) is 5.75 Å². The van der Waals surface area contributed by atoms with Crippen LogP contribution in [-0.4, -0.2) is 56.8 Å². The maximum absolute atomic E-state index is 13.0. The van der Waals surface area contributed by atoms with Crippen LogP contribution in [0.1, 0.15) is 25.0 Å². The Morgan fingerprint density at radius 2 is 1.67 bits per heavy atom. The van der Waals surface area contributed by atoms with E-state index in [0.29, 0.717) is 42.4 Å². The third-order valence-corrected chi connectivity index (χ3v) is 6.61. The van der Waals surface area contributed by atoms with Crippen molar-refractivity contribution in [2.45, 2.75) is 32.6 Å². The fourth-order valence-electron chi connectivity index (χ4n) is 2.92. The van der Waals surface area contributed by atoms with E-state index in [1.165, 1.54) is 4.31 Å². The average molecular weight is 354 g/mol. The van der Waals surface area contributed by atoms with Gasteiger partial charge in [0.05, 0.1) is 12.0 Å². The molecule has 1 aliphatic heterocycles. The van der Waals surface area contributed by atoms with Gasteiger partial charge in [-0.3, -0.25) is 4.79 Å². The van der Waals surface area contributed by atoms with Crippen molar-refractivity contribution in [3.63, 3.8) is 0 Å². The van der Waals surface area contributed by atoms with Crippen LogP contribution in [0.4, 0.5) is 0 Å². The lowest BCUT2D eigenvalue weighted by Crippen LogP contribution is -2.51. The van der Waals surface area contributed by atoms with Gasteiger partial charge in [0, 0.05) is 32.1 Å². The van der Waals surface area contributed by atoms with Crippen molar-refractivity contribution in [1.29, 1.82) is 0 Å². The van der Waals surface area contributed by atoms with Crippen LogP contribution in [0, 0.1) is 19.8 Å². The van der Waals surface area contributed by atoms with Gasteiger partial charge in [0.15, 0.2) is 0 Å². The summed E-state index contributed by atoms with van der Waals surface area (Å²) in [5.41, 5.74) is 1.53. The van der Waals surface area contributed by atoms with Crippen LogP contribution in [0.3, 0.4) is 0 Å².